The molecule has 4 rings (SSSR count). The molecule has 0 amide bonds. The minimum atomic E-state index is -0.389. The van der Waals surface area contributed by atoms with E-state index in [1.54, 1.807) is 0 Å². The van der Waals surface area contributed by atoms with Crippen molar-refractivity contribution >= 4 is 17.6 Å². The van der Waals surface area contributed by atoms with Crippen molar-refractivity contribution in [2.24, 2.45) is 0 Å². The molecule has 2 fully saturated rings. The molecule has 2 aromatic heterocycles. The van der Waals surface area contributed by atoms with E-state index in [1.165, 1.54) is 0 Å². The van der Waals surface area contributed by atoms with E-state index in [0.29, 0.717) is 30.8 Å². The maximum absolute atomic E-state index is 5.77. The first-order valence-corrected chi connectivity index (χ1v) is 8.21. The van der Waals surface area contributed by atoms with E-state index in [1.807, 2.05) is 26.0 Å². The van der Waals surface area contributed by atoms with E-state index < -0.39 is 0 Å². The molecule has 0 aromatic carbocycles. The van der Waals surface area contributed by atoms with Crippen molar-refractivity contribution in [2.45, 2.75) is 32.5 Å². The Morgan fingerprint density at radius 3 is 2.46 bits per heavy atom. The van der Waals surface area contributed by atoms with Gasteiger partial charge in [0.1, 0.15) is 11.6 Å². The number of piperidine rings is 1. The van der Waals surface area contributed by atoms with Gasteiger partial charge >= 0.3 is 0 Å². The highest BCUT2D eigenvalue weighted by molar-refractivity contribution is 5.54. The van der Waals surface area contributed by atoms with Crippen LogP contribution in [0, 0.1) is 13.8 Å². The minimum Gasteiger partial charge on any atom is -0.360 e. The van der Waals surface area contributed by atoms with E-state index in [0.717, 1.165) is 37.4 Å². The number of rotatable bonds is 3. The zero-order chi connectivity index (χ0) is 16.6. The van der Waals surface area contributed by atoms with Crippen molar-refractivity contribution < 1.29 is 14.0 Å². The van der Waals surface area contributed by atoms with Gasteiger partial charge < -0.3 is 24.2 Å². The number of hydrogen-bond donors (Lipinski definition) is 1. The highest BCUT2D eigenvalue weighted by Gasteiger charge is 2.40. The summed E-state index contributed by atoms with van der Waals surface area (Å²) in [7, 11) is 0. The zero-order valence-electron chi connectivity index (χ0n) is 13.9. The van der Waals surface area contributed by atoms with Gasteiger partial charge in [0, 0.05) is 43.8 Å². The maximum atomic E-state index is 5.77. The molecule has 8 nitrogen and oxygen atoms in total. The van der Waals surface area contributed by atoms with Crippen molar-refractivity contribution in [2.75, 3.05) is 36.5 Å². The van der Waals surface area contributed by atoms with Gasteiger partial charge in [-0.25, -0.2) is 4.98 Å². The van der Waals surface area contributed by atoms with Gasteiger partial charge in [-0.1, -0.05) is 5.16 Å². The summed E-state index contributed by atoms with van der Waals surface area (Å²) in [6, 6.07) is 3.72. The number of nitrogens with one attached hydrogen (secondary N) is 1. The van der Waals surface area contributed by atoms with Gasteiger partial charge in [0.15, 0.2) is 11.6 Å². The monoisotopic (exact) mass is 331 g/mol. The Labute approximate surface area is 140 Å². The molecular weight excluding hydrogens is 310 g/mol. The summed E-state index contributed by atoms with van der Waals surface area (Å²) in [5.74, 6) is 2.42. The van der Waals surface area contributed by atoms with Crippen molar-refractivity contribution in [3.63, 3.8) is 0 Å². The van der Waals surface area contributed by atoms with Crippen molar-refractivity contribution in [1.29, 1.82) is 0 Å². The maximum Gasteiger partial charge on any atom is 0.227 e. The van der Waals surface area contributed by atoms with E-state index in [4.69, 9.17) is 14.0 Å². The molecular formula is C16H21N5O3. The van der Waals surface area contributed by atoms with Crippen LogP contribution < -0.4 is 10.2 Å². The Bertz CT molecular complexity index is 716. The summed E-state index contributed by atoms with van der Waals surface area (Å²) in [6.45, 7) is 6.81. The first kappa shape index (κ1) is 15.3. The Kier molecular flexibility index (Phi) is 3.85. The largest absolute Gasteiger partial charge is 0.360 e. The summed E-state index contributed by atoms with van der Waals surface area (Å²) in [5.41, 5.74) is 0.899. The summed E-state index contributed by atoms with van der Waals surface area (Å²) in [4.78, 5) is 11.4. The number of ether oxygens (including phenoxy) is 2. The van der Waals surface area contributed by atoms with Crippen LogP contribution in [0.3, 0.4) is 0 Å². The Morgan fingerprint density at radius 1 is 1.04 bits per heavy atom. The highest BCUT2D eigenvalue weighted by Crippen LogP contribution is 2.32. The second-order valence-corrected chi connectivity index (χ2v) is 6.24. The van der Waals surface area contributed by atoms with Crippen molar-refractivity contribution in [3.05, 3.63) is 23.6 Å². The zero-order valence-corrected chi connectivity index (χ0v) is 13.9. The van der Waals surface area contributed by atoms with Crippen LogP contribution in [-0.2, 0) is 9.47 Å². The van der Waals surface area contributed by atoms with Gasteiger partial charge in [-0.15, -0.1) is 0 Å². The smallest absolute Gasteiger partial charge is 0.227 e. The fourth-order valence-corrected chi connectivity index (χ4v) is 3.15. The Hall–Kier alpha value is -2.19. The van der Waals surface area contributed by atoms with Crippen LogP contribution in [0.4, 0.5) is 17.6 Å². The molecule has 0 radical (unpaired) electrons. The molecule has 0 bridgehead atoms. The SMILES string of the molecule is Cc1cc(Nc2cc(C)on2)nc(N2CCC3(CC2)OCCO3)n1. The van der Waals surface area contributed by atoms with Crippen LogP contribution in [0.25, 0.3) is 0 Å². The third-order valence-electron chi connectivity index (χ3n) is 4.35. The molecule has 1 spiro atoms. The second kappa shape index (κ2) is 6.03. The molecule has 24 heavy (non-hydrogen) atoms. The quantitative estimate of drug-likeness (QED) is 0.916. The molecule has 1 N–H and O–H groups in total. The van der Waals surface area contributed by atoms with Crippen molar-refractivity contribution in [1.82, 2.24) is 15.1 Å². The average Bonchev–Trinajstić information content (AvgIpc) is 3.17. The van der Waals surface area contributed by atoms with E-state index >= 15 is 0 Å². The number of aromatic nitrogens is 3. The molecule has 0 saturated carbocycles. The minimum absolute atomic E-state index is 0.389. The summed E-state index contributed by atoms with van der Waals surface area (Å²) < 4.78 is 16.6. The van der Waals surface area contributed by atoms with E-state index in [9.17, 15) is 0 Å². The molecule has 128 valence electrons. The fourth-order valence-electron chi connectivity index (χ4n) is 3.15. The van der Waals surface area contributed by atoms with Gasteiger partial charge in [-0.2, -0.15) is 4.98 Å². The van der Waals surface area contributed by atoms with Crippen LogP contribution in [0.1, 0.15) is 24.3 Å². The van der Waals surface area contributed by atoms with E-state index in [2.05, 4.69) is 25.3 Å². The first-order valence-electron chi connectivity index (χ1n) is 8.21. The van der Waals surface area contributed by atoms with Crippen molar-refractivity contribution in [3.8, 4) is 0 Å². The van der Waals surface area contributed by atoms with Gasteiger partial charge in [-0.3, -0.25) is 0 Å². The van der Waals surface area contributed by atoms with Crippen LogP contribution >= 0.6 is 0 Å². The van der Waals surface area contributed by atoms with Gasteiger partial charge in [0.05, 0.1) is 13.2 Å². The predicted octanol–water partition coefficient (Wildman–Crippen LogP) is 2.17. The number of nitrogens with zero attached hydrogens (tertiary/aromatic N) is 4. The molecule has 2 aliphatic rings. The number of aryl methyl sites for hydroxylation is 2. The lowest BCUT2D eigenvalue weighted by atomic mass is 10.0. The molecule has 2 saturated heterocycles. The lowest BCUT2D eigenvalue weighted by molar-refractivity contribution is -0.169. The molecule has 0 aliphatic carbocycles. The standard InChI is InChI=1S/C16H21N5O3/c1-11-9-13(18-14-10-12(2)24-20-14)19-15(17-11)21-5-3-16(4-6-21)22-7-8-23-16/h9-10H,3-8H2,1-2H3,(H,17,18,19,20). The molecule has 2 aromatic rings. The second-order valence-electron chi connectivity index (χ2n) is 6.24. The predicted molar refractivity (Wildman–Crippen MR) is 87.4 cm³/mol. The van der Waals surface area contributed by atoms with E-state index in [-0.39, 0.29) is 5.79 Å². The highest BCUT2D eigenvalue weighted by atomic mass is 16.7. The van der Waals surface area contributed by atoms with Gasteiger partial charge in [0.2, 0.25) is 5.95 Å². The molecule has 8 heteroatoms. The molecule has 0 unspecified atom stereocenters. The third kappa shape index (κ3) is 3.07. The normalized spacial score (nSPS) is 19.8. The summed E-state index contributed by atoms with van der Waals surface area (Å²) in [6.07, 6.45) is 1.66. The van der Waals surface area contributed by atoms with Gasteiger partial charge in [-0.05, 0) is 13.8 Å². The first-order chi connectivity index (χ1) is 11.6. The van der Waals surface area contributed by atoms with Crippen LogP contribution in [0.2, 0.25) is 0 Å². The van der Waals surface area contributed by atoms with Crippen LogP contribution in [0.5, 0.6) is 0 Å². The molecule has 0 atom stereocenters. The number of anilines is 3. The third-order valence-corrected chi connectivity index (χ3v) is 4.35. The topological polar surface area (TPSA) is 85.5 Å². The average molecular weight is 331 g/mol. The Morgan fingerprint density at radius 2 is 1.79 bits per heavy atom. The van der Waals surface area contributed by atoms with Crippen LogP contribution in [0.15, 0.2) is 16.7 Å². The Balaban J connectivity index is 1.49. The summed E-state index contributed by atoms with van der Waals surface area (Å²) in [5, 5.41) is 7.10. The summed E-state index contributed by atoms with van der Waals surface area (Å²) >= 11 is 0. The van der Waals surface area contributed by atoms with Crippen LogP contribution in [-0.4, -0.2) is 47.2 Å². The fraction of sp³-hybridized carbons (Fsp3) is 0.562. The molecule has 2 aliphatic heterocycles. The lowest BCUT2D eigenvalue weighted by Crippen LogP contribution is -2.45. The number of hydrogen-bond acceptors (Lipinski definition) is 8. The lowest BCUT2D eigenvalue weighted by Gasteiger charge is -2.37. The van der Waals surface area contributed by atoms with Gasteiger partial charge in [0.25, 0.3) is 0 Å². The molecule has 4 heterocycles.